The monoisotopic (exact) mass is 486 g/mol. The Kier molecular flexibility index (Phi) is 7.53. The highest BCUT2D eigenvalue weighted by Gasteiger charge is 2.25. The van der Waals surface area contributed by atoms with Crippen molar-refractivity contribution < 1.29 is 17.6 Å². The molecule has 0 saturated carbocycles. The van der Waals surface area contributed by atoms with Crippen LogP contribution in [0.4, 0.5) is 0 Å². The number of sulfone groups is 1. The number of carbonyl (C=O) groups excluding carboxylic acids is 1. The molecular formula is C25H27ClN2O4S. The number of likely N-dealkylation sites (tertiary alicyclic amines) is 1. The van der Waals surface area contributed by atoms with Crippen LogP contribution >= 0.6 is 11.6 Å². The van der Waals surface area contributed by atoms with Gasteiger partial charge in [-0.25, -0.2) is 8.42 Å². The van der Waals surface area contributed by atoms with Gasteiger partial charge in [-0.05, 0) is 67.9 Å². The van der Waals surface area contributed by atoms with Crippen LogP contribution in [0.25, 0.3) is 0 Å². The van der Waals surface area contributed by atoms with Crippen molar-refractivity contribution in [3.63, 3.8) is 0 Å². The van der Waals surface area contributed by atoms with E-state index in [1.807, 2.05) is 24.3 Å². The molecule has 2 aromatic carbocycles. The van der Waals surface area contributed by atoms with Gasteiger partial charge in [-0.15, -0.1) is 0 Å². The second-order valence-electron chi connectivity index (χ2n) is 8.16. The maximum Gasteiger partial charge on any atom is 0.287 e. The highest BCUT2D eigenvalue weighted by Crippen LogP contribution is 2.26. The molecule has 8 heteroatoms. The number of nitrogens with one attached hydrogen (secondary N) is 1. The number of carbonyl (C=O) groups is 1. The molecular weight excluding hydrogens is 460 g/mol. The minimum absolute atomic E-state index is 0.00759. The zero-order chi connectivity index (χ0) is 23.3. The van der Waals surface area contributed by atoms with Crippen molar-refractivity contribution in [2.45, 2.75) is 41.7 Å². The Bertz CT molecular complexity index is 1170. The van der Waals surface area contributed by atoms with Crippen LogP contribution in [-0.4, -0.2) is 38.9 Å². The van der Waals surface area contributed by atoms with E-state index in [2.05, 4.69) is 10.2 Å². The number of amides is 1. The second kappa shape index (κ2) is 10.5. The zero-order valence-electron chi connectivity index (χ0n) is 18.2. The molecule has 1 saturated heterocycles. The Morgan fingerprint density at radius 3 is 2.27 bits per heavy atom. The average Bonchev–Trinajstić information content (AvgIpc) is 3.19. The van der Waals surface area contributed by atoms with Gasteiger partial charge in [-0.2, -0.15) is 0 Å². The molecule has 3 aromatic rings. The molecule has 4 rings (SSSR count). The largest absolute Gasteiger partial charge is 0.439 e. The van der Waals surface area contributed by atoms with Crippen LogP contribution < -0.4 is 5.32 Å². The lowest BCUT2D eigenvalue weighted by Gasteiger charge is -2.31. The first-order chi connectivity index (χ1) is 15.9. The summed E-state index contributed by atoms with van der Waals surface area (Å²) in [6, 6.07) is 18.4. The third kappa shape index (κ3) is 5.66. The SMILES string of the molecule is O=C(NCC(c1ccc(Cl)cc1)N1CCCCCC1)c1ccc(S(=O)(=O)c2ccccc2)o1. The second-order valence-corrected chi connectivity index (χ2v) is 10.5. The molecule has 2 heterocycles. The number of hydrogen-bond donors (Lipinski definition) is 1. The fourth-order valence-corrected chi connectivity index (χ4v) is 5.45. The van der Waals surface area contributed by atoms with E-state index in [-0.39, 0.29) is 21.8 Å². The molecule has 1 fully saturated rings. The zero-order valence-corrected chi connectivity index (χ0v) is 19.8. The van der Waals surface area contributed by atoms with Gasteiger partial charge in [0.1, 0.15) is 0 Å². The quantitative estimate of drug-likeness (QED) is 0.501. The minimum atomic E-state index is -3.82. The third-order valence-corrected chi connectivity index (χ3v) is 7.81. The van der Waals surface area contributed by atoms with Crippen LogP contribution in [-0.2, 0) is 9.84 Å². The summed E-state index contributed by atoms with van der Waals surface area (Å²) in [4.78, 5) is 15.3. The van der Waals surface area contributed by atoms with Crippen molar-refractivity contribution in [1.82, 2.24) is 10.2 Å². The summed E-state index contributed by atoms with van der Waals surface area (Å²) in [5.41, 5.74) is 1.08. The summed E-state index contributed by atoms with van der Waals surface area (Å²) in [7, 11) is -3.82. The highest BCUT2D eigenvalue weighted by atomic mass is 35.5. The van der Waals surface area contributed by atoms with Crippen LogP contribution in [0.2, 0.25) is 5.02 Å². The van der Waals surface area contributed by atoms with Gasteiger partial charge in [0, 0.05) is 11.6 Å². The van der Waals surface area contributed by atoms with Crippen molar-refractivity contribution in [3.8, 4) is 0 Å². The predicted octanol–water partition coefficient (Wildman–Crippen LogP) is 5.11. The molecule has 6 nitrogen and oxygen atoms in total. The van der Waals surface area contributed by atoms with Crippen molar-refractivity contribution in [2.75, 3.05) is 19.6 Å². The molecule has 0 aliphatic carbocycles. The first-order valence-corrected chi connectivity index (χ1v) is 13.0. The number of halogens is 1. The van der Waals surface area contributed by atoms with Crippen LogP contribution in [0.3, 0.4) is 0 Å². The molecule has 0 radical (unpaired) electrons. The number of rotatable bonds is 7. The van der Waals surface area contributed by atoms with E-state index in [1.54, 1.807) is 18.2 Å². The van der Waals surface area contributed by atoms with Gasteiger partial charge in [0.2, 0.25) is 14.9 Å². The number of hydrogen-bond acceptors (Lipinski definition) is 5. The van der Waals surface area contributed by atoms with Crippen molar-refractivity contribution in [1.29, 1.82) is 0 Å². The predicted molar refractivity (Wildman–Crippen MR) is 127 cm³/mol. The molecule has 1 aliphatic rings. The lowest BCUT2D eigenvalue weighted by atomic mass is 10.0. The number of benzene rings is 2. The standard InChI is InChI=1S/C25H27ClN2O4S/c26-20-12-10-19(11-13-20)22(28-16-6-1-2-7-17-28)18-27-25(29)23-14-15-24(32-23)33(30,31)21-8-4-3-5-9-21/h3-5,8-15,22H,1-2,6-7,16-18H2,(H,27,29). The lowest BCUT2D eigenvalue weighted by Crippen LogP contribution is -2.38. The highest BCUT2D eigenvalue weighted by molar-refractivity contribution is 7.91. The van der Waals surface area contributed by atoms with Gasteiger partial charge < -0.3 is 9.73 Å². The molecule has 1 amide bonds. The first-order valence-electron chi connectivity index (χ1n) is 11.1. The van der Waals surface area contributed by atoms with Crippen molar-refractivity contribution >= 4 is 27.3 Å². The fraction of sp³-hybridized carbons (Fsp3) is 0.320. The van der Waals surface area contributed by atoms with E-state index in [4.69, 9.17) is 16.0 Å². The van der Waals surface area contributed by atoms with Crippen molar-refractivity contribution in [3.05, 3.63) is 83.1 Å². The molecule has 0 bridgehead atoms. The Hall–Kier alpha value is -2.61. The van der Waals surface area contributed by atoms with Crippen LogP contribution in [0.1, 0.15) is 47.8 Å². The third-order valence-electron chi connectivity index (χ3n) is 5.92. The molecule has 174 valence electrons. The summed E-state index contributed by atoms with van der Waals surface area (Å²) < 4.78 is 30.9. The maximum absolute atomic E-state index is 12.8. The topological polar surface area (TPSA) is 79.6 Å². The summed E-state index contributed by atoms with van der Waals surface area (Å²) >= 11 is 6.07. The van der Waals surface area contributed by atoms with Gasteiger partial charge in [0.25, 0.3) is 5.91 Å². The Morgan fingerprint density at radius 1 is 0.939 bits per heavy atom. The van der Waals surface area contributed by atoms with E-state index < -0.39 is 15.7 Å². The Balaban J connectivity index is 1.49. The van der Waals surface area contributed by atoms with E-state index >= 15 is 0 Å². The molecule has 0 spiro atoms. The number of nitrogens with zero attached hydrogens (tertiary/aromatic N) is 1. The Morgan fingerprint density at radius 2 is 1.61 bits per heavy atom. The first kappa shape index (κ1) is 23.5. The molecule has 1 aromatic heterocycles. The molecule has 1 N–H and O–H groups in total. The molecule has 1 atom stereocenters. The number of furan rings is 1. The lowest BCUT2D eigenvalue weighted by molar-refractivity contribution is 0.0900. The van der Waals surface area contributed by atoms with E-state index in [0.717, 1.165) is 31.5 Å². The Labute approximate surface area is 199 Å². The van der Waals surface area contributed by atoms with Crippen LogP contribution in [0.5, 0.6) is 0 Å². The van der Waals surface area contributed by atoms with Crippen LogP contribution in [0.15, 0.2) is 81.1 Å². The van der Waals surface area contributed by atoms with E-state index in [1.165, 1.54) is 37.1 Å². The molecule has 1 aliphatic heterocycles. The van der Waals surface area contributed by atoms with Gasteiger partial charge >= 0.3 is 0 Å². The summed E-state index contributed by atoms with van der Waals surface area (Å²) in [5, 5.41) is 3.35. The minimum Gasteiger partial charge on any atom is -0.439 e. The van der Waals surface area contributed by atoms with Gasteiger partial charge in [0.05, 0.1) is 10.9 Å². The van der Waals surface area contributed by atoms with Crippen molar-refractivity contribution in [2.24, 2.45) is 0 Å². The maximum atomic E-state index is 12.8. The normalized spacial score (nSPS) is 16.2. The molecule has 33 heavy (non-hydrogen) atoms. The van der Waals surface area contributed by atoms with Gasteiger partial charge in [-0.3, -0.25) is 9.69 Å². The fourth-order valence-electron chi connectivity index (χ4n) is 4.13. The van der Waals surface area contributed by atoms with Gasteiger partial charge in [0.15, 0.2) is 5.76 Å². The summed E-state index contributed by atoms with van der Waals surface area (Å²) in [6.45, 7) is 2.30. The van der Waals surface area contributed by atoms with E-state index in [0.29, 0.717) is 11.6 Å². The average molecular weight is 487 g/mol. The summed E-state index contributed by atoms with van der Waals surface area (Å²) in [5.74, 6) is -0.478. The molecule has 1 unspecified atom stereocenters. The summed E-state index contributed by atoms with van der Waals surface area (Å²) in [6.07, 6.45) is 4.66. The van der Waals surface area contributed by atoms with E-state index in [9.17, 15) is 13.2 Å². The van der Waals surface area contributed by atoms with Crippen LogP contribution in [0, 0.1) is 0 Å². The smallest absolute Gasteiger partial charge is 0.287 e. The van der Waals surface area contributed by atoms with Gasteiger partial charge in [-0.1, -0.05) is 54.8 Å².